The lowest BCUT2D eigenvalue weighted by molar-refractivity contribution is -0.385. The molecule has 2 rings (SSSR count). The molecule has 0 amide bonds. The van der Waals surface area contributed by atoms with Gasteiger partial charge >= 0.3 is 11.9 Å². The zero-order valence-corrected chi connectivity index (χ0v) is 19.1. The van der Waals surface area contributed by atoms with Crippen LogP contribution in [0, 0.1) is 33.8 Å². The summed E-state index contributed by atoms with van der Waals surface area (Å²) in [5.74, 6) is -6.00. The van der Waals surface area contributed by atoms with Crippen molar-refractivity contribution in [1.29, 1.82) is 0 Å². The number of hydrogen-bond donors (Lipinski definition) is 1. The van der Waals surface area contributed by atoms with Crippen molar-refractivity contribution in [2.45, 2.75) is 52.6 Å². The van der Waals surface area contributed by atoms with Gasteiger partial charge in [-0.2, -0.15) is 0 Å². The van der Waals surface area contributed by atoms with E-state index < -0.39 is 52.4 Å². The number of nitro benzene ring substituents is 1. The molecule has 0 saturated heterocycles. The first kappa shape index (κ1) is 25.5. The van der Waals surface area contributed by atoms with Gasteiger partial charge < -0.3 is 14.6 Å². The maximum absolute atomic E-state index is 13.1. The molecule has 1 aromatic rings. The van der Waals surface area contributed by atoms with E-state index in [4.69, 9.17) is 9.47 Å². The average Bonchev–Trinajstić information content (AvgIpc) is 2.69. The number of nitrogens with zero attached hydrogens (tertiary/aromatic N) is 1. The highest BCUT2D eigenvalue weighted by Gasteiger charge is 2.57. The second kappa shape index (κ2) is 10.2. The summed E-state index contributed by atoms with van der Waals surface area (Å²) < 4.78 is 10.7. The number of nitro groups is 1. The number of carbonyl (C=O) groups is 3. The predicted molar refractivity (Wildman–Crippen MR) is 115 cm³/mol. The zero-order chi connectivity index (χ0) is 24.2. The van der Waals surface area contributed by atoms with Crippen LogP contribution in [0.4, 0.5) is 5.69 Å². The molecular weight excluding hydrogens is 418 g/mol. The fraction of sp³-hybridized carbons (Fsp3) is 0.609. The summed E-state index contributed by atoms with van der Waals surface area (Å²) in [5.41, 5.74) is -1.86. The molecule has 1 aromatic carbocycles. The molecule has 0 radical (unpaired) electrons. The van der Waals surface area contributed by atoms with E-state index in [1.54, 1.807) is 0 Å². The van der Waals surface area contributed by atoms with Crippen LogP contribution in [-0.4, -0.2) is 46.6 Å². The van der Waals surface area contributed by atoms with Gasteiger partial charge in [-0.15, -0.1) is 0 Å². The van der Waals surface area contributed by atoms with Gasteiger partial charge in [-0.05, 0) is 24.3 Å². The van der Waals surface area contributed by atoms with Crippen molar-refractivity contribution in [3.63, 3.8) is 0 Å². The number of aliphatic hydroxyl groups is 1. The van der Waals surface area contributed by atoms with Gasteiger partial charge in [-0.25, -0.2) is 0 Å². The second-order valence-electron chi connectivity index (χ2n) is 9.38. The van der Waals surface area contributed by atoms with E-state index >= 15 is 0 Å². The molecular formula is C23H31NO8. The predicted octanol–water partition coefficient (Wildman–Crippen LogP) is 3.03. The van der Waals surface area contributed by atoms with Gasteiger partial charge in [0.25, 0.3) is 5.69 Å². The van der Waals surface area contributed by atoms with Crippen LogP contribution < -0.4 is 0 Å². The molecule has 0 spiro atoms. The summed E-state index contributed by atoms with van der Waals surface area (Å²) in [7, 11) is 0. The molecule has 9 nitrogen and oxygen atoms in total. The van der Waals surface area contributed by atoms with E-state index in [0.29, 0.717) is 0 Å². The summed E-state index contributed by atoms with van der Waals surface area (Å²) >= 11 is 0. The Balaban J connectivity index is 2.60. The third-order valence-electron chi connectivity index (χ3n) is 5.36. The van der Waals surface area contributed by atoms with Gasteiger partial charge in [0, 0.05) is 24.5 Å². The van der Waals surface area contributed by atoms with Gasteiger partial charge in [0.15, 0.2) is 5.78 Å². The number of benzene rings is 1. The Bertz CT molecular complexity index is 877. The van der Waals surface area contributed by atoms with E-state index in [1.165, 1.54) is 31.2 Å². The van der Waals surface area contributed by atoms with Crippen LogP contribution in [-0.2, 0) is 23.9 Å². The van der Waals surface area contributed by atoms with Crippen LogP contribution in [0.3, 0.4) is 0 Å². The maximum atomic E-state index is 13.1. The molecule has 0 aromatic heterocycles. The lowest BCUT2D eigenvalue weighted by Crippen LogP contribution is -2.55. The molecule has 1 aliphatic carbocycles. The summed E-state index contributed by atoms with van der Waals surface area (Å²) in [6, 6.07) is 5.39. The van der Waals surface area contributed by atoms with Crippen LogP contribution in [0.5, 0.6) is 0 Å². The van der Waals surface area contributed by atoms with Crippen LogP contribution in [0.15, 0.2) is 24.3 Å². The monoisotopic (exact) mass is 449 g/mol. The smallest absolute Gasteiger partial charge is 0.317 e. The molecule has 0 heterocycles. The third-order valence-corrected chi connectivity index (χ3v) is 5.36. The highest BCUT2D eigenvalue weighted by molar-refractivity contribution is 6.02. The first-order chi connectivity index (χ1) is 14.8. The number of ketones is 1. The van der Waals surface area contributed by atoms with Crippen molar-refractivity contribution in [2.75, 3.05) is 13.2 Å². The second-order valence-corrected chi connectivity index (χ2v) is 9.38. The third kappa shape index (κ3) is 5.91. The maximum Gasteiger partial charge on any atom is 0.317 e. The molecule has 1 saturated carbocycles. The summed E-state index contributed by atoms with van der Waals surface area (Å²) in [4.78, 5) is 49.7. The van der Waals surface area contributed by atoms with Crippen molar-refractivity contribution < 1.29 is 33.9 Å². The fourth-order valence-electron chi connectivity index (χ4n) is 3.94. The number of ether oxygens (including phenoxy) is 2. The Morgan fingerprint density at radius 2 is 1.72 bits per heavy atom. The number of carbonyl (C=O) groups excluding carboxylic acids is 3. The van der Waals surface area contributed by atoms with Gasteiger partial charge in [0.1, 0.15) is 5.92 Å². The first-order valence-corrected chi connectivity index (χ1v) is 10.7. The minimum absolute atomic E-state index is 0.0174. The van der Waals surface area contributed by atoms with Crippen LogP contribution >= 0.6 is 0 Å². The van der Waals surface area contributed by atoms with E-state index in [1.807, 2.05) is 27.7 Å². The number of esters is 2. The molecule has 0 bridgehead atoms. The van der Waals surface area contributed by atoms with E-state index in [-0.39, 0.29) is 36.3 Å². The number of Topliss-reactive ketones (excluding diaryl/α,β-unsaturated/α-hetero) is 1. The van der Waals surface area contributed by atoms with Gasteiger partial charge in [-0.1, -0.05) is 39.8 Å². The largest absolute Gasteiger partial charge is 0.465 e. The number of rotatable bonds is 8. The SMILES string of the molecule is CC(C)COC(=O)[C@H]1C(=O)C[C@@](C)(O)[C@H](C(=O)OCC(C)C)[C@@H]1c1cccc([N+](=O)[O-])c1. The summed E-state index contributed by atoms with van der Waals surface area (Å²) in [6.45, 7) is 8.87. The molecule has 9 heteroatoms. The zero-order valence-electron chi connectivity index (χ0n) is 19.1. The Hall–Kier alpha value is -2.81. The van der Waals surface area contributed by atoms with Gasteiger partial charge in [-0.3, -0.25) is 24.5 Å². The highest BCUT2D eigenvalue weighted by atomic mass is 16.6. The lowest BCUT2D eigenvalue weighted by Gasteiger charge is -2.43. The molecule has 4 atom stereocenters. The Morgan fingerprint density at radius 3 is 2.25 bits per heavy atom. The number of non-ortho nitro benzene ring substituents is 1. The van der Waals surface area contributed by atoms with Crippen molar-refractivity contribution in [3.05, 3.63) is 39.9 Å². The standard InChI is InChI=1S/C23H31NO8/c1-13(2)11-31-21(26)19-17(25)10-23(5,28)20(22(27)32-12-14(3)4)18(19)15-7-6-8-16(9-15)24(29)30/h6-9,13-14,18-20,28H,10-12H2,1-5H3/t18-,19+,20+,23-/m1/s1. The molecule has 32 heavy (non-hydrogen) atoms. The minimum atomic E-state index is -1.81. The highest BCUT2D eigenvalue weighted by Crippen LogP contribution is 2.47. The fourth-order valence-corrected chi connectivity index (χ4v) is 3.94. The van der Waals surface area contributed by atoms with Crippen LogP contribution in [0.25, 0.3) is 0 Å². The van der Waals surface area contributed by atoms with E-state index in [0.717, 1.165) is 0 Å². The molecule has 1 fully saturated rings. The van der Waals surface area contributed by atoms with Crippen molar-refractivity contribution >= 4 is 23.4 Å². The quantitative estimate of drug-likeness (QED) is 0.277. The van der Waals surface area contributed by atoms with Crippen LogP contribution in [0.2, 0.25) is 0 Å². The Morgan fingerprint density at radius 1 is 1.16 bits per heavy atom. The van der Waals surface area contributed by atoms with Crippen molar-refractivity contribution in [1.82, 2.24) is 0 Å². The number of hydrogen-bond acceptors (Lipinski definition) is 8. The summed E-state index contributed by atoms with van der Waals surface area (Å²) in [5, 5.41) is 22.4. The lowest BCUT2D eigenvalue weighted by atomic mass is 9.61. The van der Waals surface area contributed by atoms with Gasteiger partial charge in [0.05, 0.1) is 29.7 Å². The molecule has 0 aliphatic heterocycles. The Labute approximate surface area is 187 Å². The molecule has 1 aliphatic rings. The molecule has 176 valence electrons. The molecule has 1 N–H and O–H groups in total. The Kier molecular flexibility index (Phi) is 8.12. The van der Waals surface area contributed by atoms with Gasteiger partial charge in [0.2, 0.25) is 0 Å². The normalized spacial score (nSPS) is 25.6. The minimum Gasteiger partial charge on any atom is -0.465 e. The van der Waals surface area contributed by atoms with E-state index in [2.05, 4.69) is 0 Å². The summed E-state index contributed by atoms with van der Waals surface area (Å²) in [6.07, 6.45) is -0.443. The van der Waals surface area contributed by atoms with Crippen molar-refractivity contribution in [3.8, 4) is 0 Å². The topological polar surface area (TPSA) is 133 Å². The van der Waals surface area contributed by atoms with Crippen LogP contribution in [0.1, 0.15) is 52.5 Å². The molecule has 0 unspecified atom stereocenters. The first-order valence-electron chi connectivity index (χ1n) is 10.7. The van der Waals surface area contributed by atoms with Crippen molar-refractivity contribution in [2.24, 2.45) is 23.7 Å². The average molecular weight is 450 g/mol. The van der Waals surface area contributed by atoms with E-state index in [9.17, 15) is 29.6 Å².